The number of carbonyl (C=O) groups excluding carboxylic acids is 1. The molecule has 9 heteroatoms. The summed E-state index contributed by atoms with van der Waals surface area (Å²) in [7, 11) is 0. The number of fused-ring (bicyclic) bond motifs is 1. The summed E-state index contributed by atoms with van der Waals surface area (Å²) in [5.74, 6) is -0.306. The number of imidazole rings is 1. The minimum atomic E-state index is -0.511. The molecule has 128 valence electrons. The van der Waals surface area contributed by atoms with Gasteiger partial charge in [0.25, 0.3) is 11.6 Å². The number of nitrogens with zero attached hydrogens (tertiary/aromatic N) is 3. The number of benzene rings is 1. The fourth-order valence-electron chi connectivity index (χ4n) is 2.34. The molecular formula is C16H12Cl2N4O3. The second-order valence-electron chi connectivity index (χ2n) is 5.28. The van der Waals surface area contributed by atoms with Crippen LogP contribution in [0.1, 0.15) is 16.1 Å². The summed E-state index contributed by atoms with van der Waals surface area (Å²) in [5, 5.41) is 14.3. The van der Waals surface area contributed by atoms with Crippen LogP contribution in [0, 0.1) is 10.1 Å². The van der Waals surface area contributed by atoms with E-state index in [0.717, 1.165) is 5.69 Å². The van der Waals surface area contributed by atoms with Gasteiger partial charge in [-0.15, -0.1) is 0 Å². The lowest BCUT2D eigenvalue weighted by Gasteiger charge is -2.03. The van der Waals surface area contributed by atoms with Crippen molar-refractivity contribution in [1.82, 2.24) is 14.7 Å². The molecule has 3 aromatic rings. The van der Waals surface area contributed by atoms with E-state index in [4.69, 9.17) is 23.2 Å². The predicted octanol–water partition coefficient (Wildman–Crippen LogP) is 3.52. The highest BCUT2D eigenvalue weighted by atomic mass is 35.5. The van der Waals surface area contributed by atoms with Crippen LogP contribution in [0.3, 0.4) is 0 Å². The molecule has 0 fully saturated rings. The molecular weight excluding hydrogens is 367 g/mol. The molecule has 2 aromatic heterocycles. The SMILES string of the molecule is O=C(NCCc1cn2cc(Cl)cc(Cl)c2n1)c1ccc([N+](=O)[O-])cc1. The molecule has 0 aliphatic rings. The number of hydrogen-bond acceptors (Lipinski definition) is 4. The molecule has 1 N–H and O–H groups in total. The Hall–Kier alpha value is -2.64. The monoisotopic (exact) mass is 378 g/mol. The summed E-state index contributed by atoms with van der Waals surface area (Å²) in [4.78, 5) is 26.5. The number of halogens is 2. The Balaban J connectivity index is 1.61. The van der Waals surface area contributed by atoms with E-state index >= 15 is 0 Å². The fourth-order valence-corrected chi connectivity index (χ4v) is 2.86. The van der Waals surface area contributed by atoms with Gasteiger partial charge in [-0.05, 0) is 18.2 Å². The van der Waals surface area contributed by atoms with Gasteiger partial charge in [0.2, 0.25) is 0 Å². The van der Waals surface area contributed by atoms with Crippen molar-refractivity contribution < 1.29 is 9.72 Å². The Kier molecular flexibility index (Phi) is 4.87. The van der Waals surface area contributed by atoms with Gasteiger partial charge in [0.05, 0.1) is 20.7 Å². The summed E-state index contributed by atoms with van der Waals surface area (Å²) < 4.78 is 1.73. The molecule has 0 spiro atoms. The molecule has 0 saturated heterocycles. The van der Waals surface area contributed by atoms with Gasteiger partial charge in [-0.25, -0.2) is 4.98 Å². The summed E-state index contributed by atoms with van der Waals surface area (Å²) in [6.45, 7) is 0.366. The number of pyridine rings is 1. The minimum Gasteiger partial charge on any atom is -0.352 e. The number of nitrogens with one attached hydrogen (secondary N) is 1. The van der Waals surface area contributed by atoms with E-state index in [1.807, 2.05) is 0 Å². The average molecular weight is 379 g/mol. The average Bonchev–Trinajstić information content (AvgIpc) is 2.98. The Morgan fingerprint density at radius 3 is 2.64 bits per heavy atom. The molecule has 0 atom stereocenters. The molecule has 1 aromatic carbocycles. The zero-order valence-corrected chi connectivity index (χ0v) is 14.3. The van der Waals surface area contributed by atoms with Crippen molar-refractivity contribution in [2.45, 2.75) is 6.42 Å². The number of nitro benzene ring substituents is 1. The zero-order chi connectivity index (χ0) is 18.0. The number of aromatic nitrogens is 2. The number of carbonyl (C=O) groups is 1. The van der Waals surface area contributed by atoms with Gasteiger partial charge in [0.1, 0.15) is 0 Å². The molecule has 2 heterocycles. The molecule has 7 nitrogen and oxygen atoms in total. The fraction of sp³-hybridized carbons (Fsp3) is 0.125. The van der Waals surface area contributed by atoms with Crippen LogP contribution in [0.4, 0.5) is 5.69 Å². The lowest BCUT2D eigenvalue weighted by atomic mass is 10.2. The highest BCUT2D eigenvalue weighted by molar-refractivity contribution is 6.36. The second kappa shape index (κ2) is 7.08. The first-order valence-corrected chi connectivity index (χ1v) is 8.05. The van der Waals surface area contributed by atoms with Crippen molar-refractivity contribution in [3.05, 3.63) is 74.1 Å². The van der Waals surface area contributed by atoms with E-state index in [1.54, 1.807) is 22.9 Å². The maximum absolute atomic E-state index is 12.0. The summed E-state index contributed by atoms with van der Waals surface area (Å²) in [6.07, 6.45) is 4.01. The smallest absolute Gasteiger partial charge is 0.269 e. The predicted molar refractivity (Wildman–Crippen MR) is 94.3 cm³/mol. The molecule has 0 aliphatic carbocycles. The van der Waals surface area contributed by atoms with Gasteiger partial charge in [-0.3, -0.25) is 14.9 Å². The summed E-state index contributed by atoms with van der Waals surface area (Å²) in [5.41, 5.74) is 1.66. The Labute approximate surface area is 152 Å². The van der Waals surface area contributed by atoms with Crippen LogP contribution in [0.15, 0.2) is 42.7 Å². The number of rotatable bonds is 5. The van der Waals surface area contributed by atoms with Crippen LogP contribution in [0.2, 0.25) is 10.0 Å². The number of non-ortho nitro benzene ring substituents is 1. The van der Waals surface area contributed by atoms with Gasteiger partial charge in [-0.1, -0.05) is 23.2 Å². The maximum Gasteiger partial charge on any atom is 0.269 e. The molecule has 0 bridgehead atoms. The highest BCUT2D eigenvalue weighted by Crippen LogP contribution is 2.21. The first kappa shape index (κ1) is 17.2. The van der Waals surface area contributed by atoms with Gasteiger partial charge >= 0.3 is 0 Å². The molecule has 0 radical (unpaired) electrons. The third-order valence-electron chi connectivity index (χ3n) is 3.53. The van der Waals surface area contributed by atoms with Gasteiger partial charge in [-0.2, -0.15) is 0 Å². The lowest BCUT2D eigenvalue weighted by molar-refractivity contribution is -0.384. The van der Waals surface area contributed by atoms with Gasteiger partial charge < -0.3 is 9.72 Å². The van der Waals surface area contributed by atoms with Crippen molar-refractivity contribution in [3.63, 3.8) is 0 Å². The van der Waals surface area contributed by atoms with E-state index in [2.05, 4.69) is 10.3 Å². The third kappa shape index (κ3) is 3.89. The minimum absolute atomic E-state index is 0.0585. The number of amides is 1. The summed E-state index contributed by atoms with van der Waals surface area (Å²) in [6, 6.07) is 7.04. The van der Waals surface area contributed by atoms with Crippen LogP contribution in [0.25, 0.3) is 5.65 Å². The Bertz CT molecular complexity index is 954. The standard InChI is InChI=1S/C16H12Cl2N4O3/c17-11-7-14(18)15-20-12(9-21(15)8-11)5-6-19-16(23)10-1-3-13(4-2-10)22(24)25/h1-4,7-9H,5-6H2,(H,19,23). The Morgan fingerprint density at radius 1 is 1.24 bits per heavy atom. The van der Waals surface area contributed by atoms with E-state index in [9.17, 15) is 14.9 Å². The number of nitro groups is 1. The first-order valence-electron chi connectivity index (χ1n) is 7.29. The van der Waals surface area contributed by atoms with Crippen molar-refractivity contribution in [3.8, 4) is 0 Å². The van der Waals surface area contributed by atoms with Crippen LogP contribution in [0.5, 0.6) is 0 Å². The molecule has 25 heavy (non-hydrogen) atoms. The molecule has 0 aliphatic heterocycles. The van der Waals surface area contributed by atoms with Crippen LogP contribution in [-0.4, -0.2) is 26.8 Å². The van der Waals surface area contributed by atoms with Crippen LogP contribution >= 0.6 is 23.2 Å². The maximum atomic E-state index is 12.0. The van der Waals surface area contributed by atoms with Crippen LogP contribution in [-0.2, 0) is 6.42 Å². The van der Waals surface area contributed by atoms with Crippen molar-refractivity contribution in [1.29, 1.82) is 0 Å². The molecule has 0 unspecified atom stereocenters. The van der Waals surface area contributed by atoms with E-state index in [-0.39, 0.29) is 11.6 Å². The lowest BCUT2D eigenvalue weighted by Crippen LogP contribution is -2.25. The third-order valence-corrected chi connectivity index (χ3v) is 4.01. The zero-order valence-electron chi connectivity index (χ0n) is 12.8. The second-order valence-corrected chi connectivity index (χ2v) is 6.12. The topological polar surface area (TPSA) is 89.5 Å². The van der Waals surface area contributed by atoms with Crippen molar-refractivity contribution in [2.75, 3.05) is 6.54 Å². The van der Waals surface area contributed by atoms with Crippen molar-refractivity contribution in [2.24, 2.45) is 0 Å². The largest absolute Gasteiger partial charge is 0.352 e. The van der Waals surface area contributed by atoms with Gasteiger partial charge in [0, 0.05) is 43.1 Å². The van der Waals surface area contributed by atoms with E-state index < -0.39 is 4.92 Å². The molecule has 0 saturated carbocycles. The summed E-state index contributed by atoms with van der Waals surface area (Å²) >= 11 is 12.0. The molecule has 1 amide bonds. The van der Waals surface area contributed by atoms with Crippen molar-refractivity contribution >= 4 is 40.4 Å². The van der Waals surface area contributed by atoms with Gasteiger partial charge in [0.15, 0.2) is 5.65 Å². The highest BCUT2D eigenvalue weighted by Gasteiger charge is 2.10. The molecule has 3 rings (SSSR count). The van der Waals surface area contributed by atoms with E-state index in [1.165, 1.54) is 24.3 Å². The number of hydrogen-bond donors (Lipinski definition) is 1. The first-order chi connectivity index (χ1) is 11.9. The Morgan fingerprint density at radius 2 is 1.96 bits per heavy atom. The normalized spacial score (nSPS) is 10.8. The van der Waals surface area contributed by atoms with E-state index in [0.29, 0.717) is 34.2 Å². The quantitative estimate of drug-likeness (QED) is 0.543. The van der Waals surface area contributed by atoms with Crippen LogP contribution < -0.4 is 5.32 Å².